The maximum absolute atomic E-state index is 5.47. The summed E-state index contributed by atoms with van der Waals surface area (Å²) < 4.78 is 10.9. The van der Waals surface area contributed by atoms with Crippen LogP contribution in [-0.4, -0.2) is 13.2 Å². The van der Waals surface area contributed by atoms with E-state index in [2.05, 4.69) is 30.3 Å². The van der Waals surface area contributed by atoms with E-state index in [-0.39, 0.29) is 6.29 Å². The van der Waals surface area contributed by atoms with Crippen LogP contribution in [0.3, 0.4) is 0 Å². The van der Waals surface area contributed by atoms with Crippen LogP contribution in [0.15, 0.2) is 42.5 Å². The van der Waals surface area contributed by atoms with Crippen LogP contribution in [0.4, 0.5) is 0 Å². The molecule has 0 saturated carbocycles. The number of benzene rings is 2. The van der Waals surface area contributed by atoms with Gasteiger partial charge in [0.05, 0.1) is 13.2 Å². The lowest BCUT2D eigenvalue weighted by Gasteiger charge is -2.09. The monoisotopic (exact) mass is 200 g/mol. The third kappa shape index (κ3) is 1.62. The van der Waals surface area contributed by atoms with Gasteiger partial charge in [-0.1, -0.05) is 36.4 Å². The Morgan fingerprint density at radius 2 is 1.60 bits per heavy atom. The second-order valence-corrected chi connectivity index (χ2v) is 3.68. The molecule has 2 nitrogen and oxygen atoms in total. The zero-order valence-corrected chi connectivity index (χ0v) is 8.35. The molecule has 2 aromatic carbocycles. The molecule has 1 heterocycles. The lowest BCUT2D eigenvalue weighted by Crippen LogP contribution is -1.97. The van der Waals surface area contributed by atoms with Gasteiger partial charge in [-0.05, 0) is 16.8 Å². The molecule has 76 valence electrons. The molecule has 1 saturated heterocycles. The molecule has 0 radical (unpaired) electrons. The van der Waals surface area contributed by atoms with Crippen molar-refractivity contribution in [2.24, 2.45) is 0 Å². The highest BCUT2D eigenvalue weighted by molar-refractivity contribution is 5.83. The van der Waals surface area contributed by atoms with Crippen LogP contribution in [0.25, 0.3) is 10.8 Å². The molecule has 1 fully saturated rings. The maximum atomic E-state index is 5.47. The van der Waals surface area contributed by atoms with Crippen molar-refractivity contribution in [1.82, 2.24) is 0 Å². The lowest BCUT2D eigenvalue weighted by atomic mass is 10.1. The number of ether oxygens (including phenoxy) is 2. The molecular formula is C13H12O2. The molecule has 1 aliphatic heterocycles. The van der Waals surface area contributed by atoms with E-state index in [1.54, 1.807) is 0 Å². The van der Waals surface area contributed by atoms with Gasteiger partial charge in [0.15, 0.2) is 6.29 Å². The van der Waals surface area contributed by atoms with Gasteiger partial charge in [-0.25, -0.2) is 0 Å². The summed E-state index contributed by atoms with van der Waals surface area (Å²) in [6.07, 6.45) is -0.172. The maximum Gasteiger partial charge on any atom is 0.184 e. The Hall–Kier alpha value is -1.38. The van der Waals surface area contributed by atoms with Crippen LogP contribution in [-0.2, 0) is 9.47 Å². The highest BCUT2D eigenvalue weighted by atomic mass is 16.7. The van der Waals surface area contributed by atoms with Gasteiger partial charge in [0.1, 0.15) is 0 Å². The second kappa shape index (κ2) is 3.65. The highest BCUT2D eigenvalue weighted by Gasteiger charge is 2.17. The average Bonchev–Trinajstić information content (AvgIpc) is 2.82. The van der Waals surface area contributed by atoms with Crippen molar-refractivity contribution in [3.8, 4) is 0 Å². The number of fused-ring (bicyclic) bond motifs is 1. The molecule has 0 amide bonds. The molecule has 0 aliphatic carbocycles. The first-order valence-electron chi connectivity index (χ1n) is 5.15. The molecule has 0 N–H and O–H groups in total. The van der Waals surface area contributed by atoms with Gasteiger partial charge >= 0.3 is 0 Å². The fourth-order valence-corrected chi connectivity index (χ4v) is 1.91. The van der Waals surface area contributed by atoms with Crippen molar-refractivity contribution < 1.29 is 9.47 Å². The summed E-state index contributed by atoms with van der Waals surface area (Å²) >= 11 is 0. The molecule has 2 heteroatoms. The van der Waals surface area contributed by atoms with Crippen LogP contribution in [0.1, 0.15) is 11.9 Å². The van der Waals surface area contributed by atoms with E-state index in [9.17, 15) is 0 Å². The Labute approximate surface area is 88.4 Å². The van der Waals surface area contributed by atoms with Crippen LogP contribution in [0, 0.1) is 0 Å². The van der Waals surface area contributed by atoms with Gasteiger partial charge in [-0.3, -0.25) is 0 Å². The molecule has 0 atom stereocenters. The first kappa shape index (κ1) is 8.89. The average molecular weight is 200 g/mol. The number of rotatable bonds is 1. The fraction of sp³-hybridized carbons (Fsp3) is 0.231. The molecule has 0 unspecified atom stereocenters. The van der Waals surface area contributed by atoms with Crippen LogP contribution in [0.5, 0.6) is 0 Å². The molecule has 3 rings (SSSR count). The Morgan fingerprint density at radius 1 is 0.867 bits per heavy atom. The summed E-state index contributed by atoms with van der Waals surface area (Å²) in [5, 5.41) is 2.48. The minimum Gasteiger partial charge on any atom is -0.346 e. The quantitative estimate of drug-likeness (QED) is 0.704. The van der Waals surface area contributed by atoms with Crippen molar-refractivity contribution in [2.75, 3.05) is 13.2 Å². The van der Waals surface area contributed by atoms with E-state index in [0.717, 1.165) is 5.56 Å². The Morgan fingerprint density at radius 3 is 2.40 bits per heavy atom. The van der Waals surface area contributed by atoms with Crippen molar-refractivity contribution in [3.63, 3.8) is 0 Å². The van der Waals surface area contributed by atoms with Gasteiger partial charge in [0, 0.05) is 5.56 Å². The third-order valence-electron chi connectivity index (χ3n) is 2.67. The van der Waals surface area contributed by atoms with Gasteiger partial charge in [-0.2, -0.15) is 0 Å². The van der Waals surface area contributed by atoms with E-state index >= 15 is 0 Å². The summed E-state index contributed by atoms with van der Waals surface area (Å²) in [5.74, 6) is 0. The van der Waals surface area contributed by atoms with E-state index in [0.29, 0.717) is 13.2 Å². The first-order valence-corrected chi connectivity index (χ1v) is 5.15. The zero-order chi connectivity index (χ0) is 10.1. The van der Waals surface area contributed by atoms with Crippen molar-refractivity contribution >= 4 is 10.8 Å². The fourth-order valence-electron chi connectivity index (χ4n) is 1.91. The highest BCUT2D eigenvalue weighted by Crippen LogP contribution is 2.26. The van der Waals surface area contributed by atoms with Gasteiger partial charge < -0.3 is 9.47 Å². The predicted molar refractivity (Wildman–Crippen MR) is 58.6 cm³/mol. The van der Waals surface area contributed by atoms with Crippen molar-refractivity contribution in [2.45, 2.75) is 6.29 Å². The summed E-state index contributed by atoms with van der Waals surface area (Å²) in [4.78, 5) is 0. The summed E-state index contributed by atoms with van der Waals surface area (Å²) in [6, 6.07) is 14.6. The largest absolute Gasteiger partial charge is 0.346 e. The smallest absolute Gasteiger partial charge is 0.184 e. The van der Waals surface area contributed by atoms with Gasteiger partial charge in [0.2, 0.25) is 0 Å². The van der Waals surface area contributed by atoms with Crippen molar-refractivity contribution in [1.29, 1.82) is 0 Å². The molecule has 0 spiro atoms. The number of hydrogen-bond donors (Lipinski definition) is 0. The molecular weight excluding hydrogens is 188 g/mol. The van der Waals surface area contributed by atoms with Crippen LogP contribution >= 0.6 is 0 Å². The normalized spacial score (nSPS) is 17.3. The van der Waals surface area contributed by atoms with E-state index in [4.69, 9.17) is 9.47 Å². The first-order chi connectivity index (χ1) is 7.43. The molecule has 2 aromatic rings. The van der Waals surface area contributed by atoms with Gasteiger partial charge in [0.25, 0.3) is 0 Å². The number of hydrogen-bond acceptors (Lipinski definition) is 2. The molecule has 15 heavy (non-hydrogen) atoms. The summed E-state index contributed by atoms with van der Waals surface area (Å²) in [6.45, 7) is 1.38. The van der Waals surface area contributed by atoms with Crippen LogP contribution < -0.4 is 0 Å². The zero-order valence-electron chi connectivity index (χ0n) is 8.35. The molecule has 0 aromatic heterocycles. The summed E-state index contributed by atoms with van der Waals surface area (Å²) in [5.41, 5.74) is 1.10. The van der Waals surface area contributed by atoms with E-state index in [1.807, 2.05) is 12.1 Å². The van der Waals surface area contributed by atoms with E-state index in [1.165, 1.54) is 10.8 Å². The second-order valence-electron chi connectivity index (χ2n) is 3.68. The van der Waals surface area contributed by atoms with Crippen LogP contribution in [0.2, 0.25) is 0 Å². The predicted octanol–water partition coefficient (Wildman–Crippen LogP) is 2.89. The Kier molecular flexibility index (Phi) is 2.16. The van der Waals surface area contributed by atoms with E-state index < -0.39 is 0 Å². The standard InChI is InChI=1S/C13H12O2/c1-2-4-11-9-12(6-5-10(11)3-1)13-14-7-8-15-13/h1-6,9,13H,7-8H2. The molecule has 0 bridgehead atoms. The minimum atomic E-state index is -0.172. The lowest BCUT2D eigenvalue weighted by molar-refractivity contribution is -0.0440. The third-order valence-corrected chi connectivity index (χ3v) is 2.67. The Bertz CT molecular complexity index is 473. The Balaban J connectivity index is 2.05. The molecule has 1 aliphatic rings. The summed E-state index contributed by atoms with van der Waals surface area (Å²) in [7, 11) is 0. The van der Waals surface area contributed by atoms with Gasteiger partial charge in [-0.15, -0.1) is 0 Å². The van der Waals surface area contributed by atoms with Crippen molar-refractivity contribution in [3.05, 3.63) is 48.0 Å². The topological polar surface area (TPSA) is 18.5 Å². The SMILES string of the molecule is c1ccc2cc(C3OCCO3)ccc2c1. The minimum absolute atomic E-state index is 0.172.